The van der Waals surface area contributed by atoms with E-state index in [2.05, 4.69) is 4.72 Å². The highest BCUT2D eigenvalue weighted by Crippen LogP contribution is 2.40. The normalized spacial score (nSPS) is 17.0. The van der Waals surface area contributed by atoms with Gasteiger partial charge in [-0.15, -0.1) is 0 Å². The smallest absolute Gasteiger partial charge is 0.310 e. The number of carbonyl (C=O) groups is 1. The number of sulfonamides is 1. The molecule has 0 radical (unpaired) electrons. The fraction of sp³-hybridized carbons (Fsp3) is 0.462. The van der Waals surface area contributed by atoms with Gasteiger partial charge in [0, 0.05) is 6.54 Å². The molecule has 1 fully saturated rings. The molecule has 116 valence electrons. The second-order valence-electron chi connectivity index (χ2n) is 5.04. The summed E-state index contributed by atoms with van der Waals surface area (Å²) in [5, 5.41) is 9.16. The quantitative estimate of drug-likeness (QED) is 0.826. The van der Waals surface area contributed by atoms with Crippen LogP contribution in [-0.2, 0) is 14.8 Å². The number of aliphatic carboxylic acids is 1. The van der Waals surface area contributed by atoms with Crippen molar-refractivity contribution in [2.24, 2.45) is 5.41 Å². The molecule has 0 unspecified atom stereocenters. The molecular formula is C13H16FNO5S. The van der Waals surface area contributed by atoms with Gasteiger partial charge in [-0.2, -0.15) is 0 Å². The van der Waals surface area contributed by atoms with E-state index in [1.165, 1.54) is 19.2 Å². The Kier molecular flexibility index (Phi) is 4.20. The van der Waals surface area contributed by atoms with Crippen LogP contribution in [0.4, 0.5) is 4.39 Å². The highest BCUT2D eigenvalue weighted by Gasteiger charge is 2.45. The zero-order chi connectivity index (χ0) is 15.7. The van der Waals surface area contributed by atoms with Crippen LogP contribution >= 0.6 is 0 Å². The third-order valence-corrected chi connectivity index (χ3v) is 5.22. The zero-order valence-electron chi connectivity index (χ0n) is 11.4. The molecule has 0 heterocycles. The van der Waals surface area contributed by atoms with E-state index in [9.17, 15) is 17.6 Å². The molecule has 0 atom stereocenters. The third kappa shape index (κ3) is 2.86. The van der Waals surface area contributed by atoms with Crippen LogP contribution in [0.5, 0.6) is 5.75 Å². The van der Waals surface area contributed by atoms with Crippen LogP contribution in [0.2, 0.25) is 0 Å². The fourth-order valence-corrected chi connectivity index (χ4v) is 3.45. The lowest BCUT2D eigenvalue weighted by Crippen LogP contribution is -2.47. The van der Waals surface area contributed by atoms with Gasteiger partial charge in [0.2, 0.25) is 10.0 Å². The maximum atomic E-state index is 14.0. The summed E-state index contributed by atoms with van der Waals surface area (Å²) < 4.78 is 45.2. The Bertz CT molecular complexity index is 655. The molecule has 1 aromatic rings. The van der Waals surface area contributed by atoms with Crippen LogP contribution in [0.3, 0.4) is 0 Å². The number of carboxylic acid groups (broad SMARTS) is 1. The Hall–Kier alpha value is -1.67. The summed E-state index contributed by atoms with van der Waals surface area (Å²) in [5.74, 6) is -2.22. The summed E-state index contributed by atoms with van der Waals surface area (Å²) in [6, 6.07) is 3.76. The van der Waals surface area contributed by atoms with E-state index in [0.29, 0.717) is 12.8 Å². The van der Waals surface area contributed by atoms with Crippen molar-refractivity contribution in [1.82, 2.24) is 4.72 Å². The van der Waals surface area contributed by atoms with Crippen molar-refractivity contribution < 1.29 is 27.4 Å². The molecule has 0 saturated heterocycles. The van der Waals surface area contributed by atoms with Crippen LogP contribution < -0.4 is 9.46 Å². The molecule has 2 N–H and O–H groups in total. The highest BCUT2D eigenvalue weighted by molar-refractivity contribution is 7.89. The minimum absolute atomic E-state index is 0.186. The zero-order valence-corrected chi connectivity index (χ0v) is 12.2. The molecule has 1 aliphatic carbocycles. The Labute approximate surface area is 122 Å². The van der Waals surface area contributed by atoms with Crippen molar-refractivity contribution in [1.29, 1.82) is 0 Å². The highest BCUT2D eigenvalue weighted by atomic mass is 32.2. The lowest BCUT2D eigenvalue weighted by Gasteiger charge is -2.37. The average molecular weight is 317 g/mol. The molecule has 1 aromatic carbocycles. The Morgan fingerprint density at radius 3 is 2.62 bits per heavy atom. The molecule has 6 nitrogen and oxygen atoms in total. The number of halogens is 1. The maximum absolute atomic E-state index is 14.0. The van der Waals surface area contributed by atoms with Crippen LogP contribution in [-0.4, -0.2) is 33.1 Å². The van der Waals surface area contributed by atoms with E-state index in [1.807, 2.05) is 0 Å². The molecule has 0 bridgehead atoms. The van der Waals surface area contributed by atoms with Crippen molar-refractivity contribution in [2.75, 3.05) is 13.7 Å². The number of benzene rings is 1. The first-order valence-electron chi connectivity index (χ1n) is 6.38. The van der Waals surface area contributed by atoms with Gasteiger partial charge in [-0.3, -0.25) is 4.79 Å². The average Bonchev–Trinajstić information content (AvgIpc) is 2.37. The van der Waals surface area contributed by atoms with Crippen molar-refractivity contribution in [2.45, 2.75) is 24.2 Å². The minimum atomic E-state index is -4.13. The Morgan fingerprint density at radius 2 is 2.14 bits per heavy atom. The monoisotopic (exact) mass is 317 g/mol. The van der Waals surface area contributed by atoms with Crippen molar-refractivity contribution >= 4 is 16.0 Å². The summed E-state index contributed by atoms with van der Waals surface area (Å²) in [7, 11) is -2.90. The molecule has 8 heteroatoms. The number of nitrogens with one attached hydrogen (secondary N) is 1. The van der Waals surface area contributed by atoms with Gasteiger partial charge in [-0.25, -0.2) is 17.5 Å². The summed E-state index contributed by atoms with van der Waals surface area (Å²) in [4.78, 5) is 10.6. The van der Waals surface area contributed by atoms with Gasteiger partial charge in [-0.1, -0.05) is 12.5 Å². The van der Waals surface area contributed by atoms with E-state index in [-0.39, 0.29) is 12.3 Å². The van der Waals surface area contributed by atoms with Crippen LogP contribution in [0, 0.1) is 11.2 Å². The second-order valence-corrected chi connectivity index (χ2v) is 6.77. The Balaban J connectivity index is 2.21. The predicted octanol–water partition coefficient (Wildman–Crippen LogP) is 1.37. The number of hydrogen-bond acceptors (Lipinski definition) is 4. The standard InChI is InChI=1S/C13H16FNO5S/c1-20-9-4-2-5-10(11(9)14)21(18,19)15-8-13(12(16)17)6-3-7-13/h2,4-5,15H,3,6-8H2,1H3,(H,16,17). The molecular weight excluding hydrogens is 301 g/mol. The van der Waals surface area contributed by atoms with Crippen LogP contribution in [0.1, 0.15) is 19.3 Å². The second kappa shape index (κ2) is 5.61. The van der Waals surface area contributed by atoms with Gasteiger partial charge in [0.25, 0.3) is 0 Å². The first kappa shape index (κ1) is 15.7. The summed E-state index contributed by atoms with van der Waals surface area (Å²) in [6.07, 6.45) is 1.55. The van der Waals surface area contributed by atoms with E-state index in [0.717, 1.165) is 12.5 Å². The van der Waals surface area contributed by atoms with Crippen LogP contribution in [0.15, 0.2) is 23.1 Å². The lowest BCUT2D eigenvalue weighted by atomic mass is 9.69. The molecule has 0 spiro atoms. The largest absolute Gasteiger partial charge is 0.494 e. The van der Waals surface area contributed by atoms with Gasteiger partial charge in [0.1, 0.15) is 4.90 Å². The number of ether oxygens (including phenoxy) is 1. The number of carboxylic acids is 1. The van der Waals surface area contributed by atoms with Crippen molar-refractivity contribution in [3.8, 4) is 5.75 Å². The third-order valence-electron chi connectivity index (χ3n) is 3.80. The van der Waals surface area contributed by atoms with Gasteiger partial charge in [0.05, 0.1) is 12.5 Å². The van der Waals surface area contributed by atoms with Gasteiger partial charge >= 0.3 is 5.97 Å². The molecule has 1 aliphatic rings. The Morgan fingerprint density at radius 1 is 1.48 bits per heavy atom. The maximum Gasteiger partial charge on any atom is 0.310 e. The number of rotatable bonds is 6. The minimum Gasteiger partial charge on any atom is -0.494 e. The molecule has 0 aromatic heterocycles. The number of methoxy groups -OCH3 is 1. The van der Waals surface area contributed by atoms with Gasteiger partial charge in [-0.05, 0) is 25.0 Å². The summed E-state index contributed by atoms with van der Waals surface area (Å²) >= 11 is 0. The van der Waals surface area contributed by atoms with Gasteiger partial charge < -0.3 is 9.84 Å². The topological polar surface area (TPSA) is 92.7 Å². The van der Waals surface area contributed by atoms with Crippen molar-refractivity contribution in [3.63, 3.8) is 0 Å². The molecule has 0 amide bonds. The summed E-state index contributed by atoms with van der Waals surface area (Å²) in [5.41, 5.74) is -1.08. The summed E-state index contributed by atoms with van der Waals surface area (Å²) in [6.45, 7) is -0.249. The molecule has 21 heavy (non-hydrogen) atoms. The fourth-order valence-electron chi connectivity index (χ4n) is 2.24. The molecule has 2 rings (SSSR count). The molecule has 1 saturated carbocycles. The first-order valence-corrected chi connectivity index (χ1v) is 7.86. The van der Waals surface area contributed by atoms with Crippen LogP contribution in [0.25, 0.3) is 0 Å². The number of hydrogen-bond donors (Lipinski definition) is 2. The molecule has 0 aliphatic heterocycles. The lowest BCUT2D eigenvalue weighted by molar-refractivity contribution is -0.153. The SMILES string of the molecule is COc1cccc(S(=O)(=O)NCC2(C(=O)O)CCC2)c1F. The van der Waals surface area contributed by atoms with E-state index < -0.39 is 32.1 Å². The van der Waals surface area contributed by atoms with E-state index >= 15 is 0 Å². The predicted molar refractivity (Wildman–Crippen MR) is 72.1 cm³/mol. The van der Waals surface area contributed by atoms with Gasteiger partial charge in [0.15, 0.2) is 11.6 Å². The van der Waals surface area contributed by atoms with Crippen molar-refractivity contribution in [3.05, 3.63) is 24.0 Å². The van der Waals surface area contributed by atoms with E-state index in [1.54, 1.807) is 0 Å². The van der Waals surface area contributed by atoms with E-state index in [4.69, 9.17) is 9.84 Å². The first-order chi connectivity index (χ1) is 9.82.